The first-order valence-electron chi connectivity index (χ1n) is 15.4. The van der Waals surface area contributed by atoms with Gasteiger partial charge in [0.25, 0.3) is 0 Å². The van der Waals surface area contributed by atoms with Crippen LogP contribution in [0.25, 0.3) is 0 Å². The average molecular weight is 508 g/mol. The first-order valence-corrected chi connectivity index (χ1v) is 15.4. The van der Waals surface area contributed by atoms with E-state index >= 15 is 0 Å². The van der Waals surface area contributed by atoms with Crippen LogP contribution in [0.4, 0.5) is 0 Å². The lowest BCUT2D eigenvalue weighted by Crippen LogP contribution is -2.30. The fourth-order valence-corrected chi connectivity index (χ4v) is 5.36. The molecule has 1 nitrogen and oxygen atoms in total. The Balaban J connectivity index is 0.0000116. The fourth-order valence-electron chi connectivity index (χ4n) is 5.36. The minimum Gasteiger partial charge on any atom is -0.322 e. The smallest absolute Gasteiger partial charge is 0.0355 e. The number of halogens is 1. The predicted octanol–water partition coefficient (Wildman–Crippen LogP) is 11.2. The molecule has 1 rings (SSSR count). The third-order valence-electron chi connectivity index (χ3n) is 7.55. The number of hydrogen-bond donors (Lipinski definition) is 1. The van der Waals surface area contributed by atoms with Gasteiger partial charge in [0.05, 0.1) is 0 Å². The van der Waals surface area contributed by atoms with Gasteiger partial charge >= 0.3 is 0 Å². The highest BCUT2D eigenvalue weighted by Crippen LogP contribution is 2.28. The Bertz CT molecular complexity index is 589. The number of benzene rings is 1. The zero-order valence-corrected chi connectivity index (χ0v) is 25.1. The Morgan fingerprint density at radius 3 is 1.31 bits per heavy atom. The van der Waals surface area contributed by atoms with E-state index in [0.29, 0.717) is 0 Å². The molecule has 0 aliphatic heterocycles. The molecular formula is C33H62ClN. The van der Waals surface area contributed by atoms with E-state index in [9.17, 15) is 0 Å². The summed E-state index contributed by atoms with van der Waals surface area (Å²) in [5.74, 6) is 0. The first kappa shape index (κ1) is 34.5. The Hall–Kier alpha value is -0.530. The monoisotopic (exact) mass is 507 g/mol. The van der Waals surface area contributed by atoms with Crippen LogP contribution in [0.5, 0.6) is 0 Å². The van der Waals surface area contributed by atoms with Gasteiger partial charge < -0.3 is 5.73 Å². The van der Waals surface area contributed by atoms with E-state index < -0.39 is 0 Å². The molecule has 2 N–H and O–H groups in total. The van der Waals surface area contributed by atoms with Crippen molar-refractivity contribution in [1.29, 1.82) is 0 Å². The minimum atomic E-state index is -0.248. The second-order valence-corrected chi connectivity index (χ2v) is 11.5. The summed E-state index contributed by atoms with van der Waals surface area (Å²) < 4.78 is 0. The van der Waals surface area contributed by atoms with Crippen LogP contribution in [-0.4, -0.2) is 0 Å². The summed E-state index contributed by atoms with van der Waals surface area (Å²) in [6.07, 6.45) is 30.5. The van der Waals surface area contributed by atoms with Crippen LogP contribution < -0.4 is 5.73 Å². The summed E-state index contributed by atoms with van der Waals surface area (Å²) in [5, 5.41) is 0. The molecular weight excluding hydrogens is 446 g/mol. The van der Waals surface area contributed by atoms with Crippen molar-refractivity contribution < 1.29 is 0 Å². The number of hydrogen-bond acceptors (Lipinski definition) is 1. The fraction of sp³-hybridized carbons (Fsp3) is 0.818. The van der Waals surface area contributed by atoms with Crippen molar-refractivity contribution in [3.63, 3.8) is 0 Å². The minimum absolute atomic E-state index is 0. The van der Waals surface area contributed by atoms with E-state index in [-0.39, 0.29) is 17.9 Å². The third kappa shape index (κ3) is 17.5. The predicted molar refractivity (Wildman–Crippen MR) is 162 cm³/mol. The molecule has 0 atom stereocenters. The SMILES string of the molecule is CCCCCCCCCCCCc1cccc(C(C)(C)N)c1CCCCCCCCCCCC.Cl. The van der Waals surface area contributed by atoms with Crippen molar-refractivity contribution in [1.82, 2.24) is 0 Å². The molecule has 1 aromatic rings. The molecule has 0 spiro atoms. The number of unbranched alkanes of at least 4 members (excludes halogenated alkanes) is 18. The molecule has 0 unspecified atom stereocenters. The average Bonchev–Trinajstić information content (AvgIpc) is 2.81. The maximum absolute atomic E-state index is 6.60. The molecule has 2 heteroatoms. The largest absolute Gasteiger partial charge is 0.322 e. The maximum Gasteiger partial charge on any atom is 0.0355 e. The summed E-state index contributed by atoms with van der Waals surface area (Å²) in [7, 11) is 0. The highest BCUT2D eigenvalue weighted by molar-refractivity contribution is 5.85. The topological polar surface area (TPSA) is 26.0 Å². The van der Waals surface area contributed by atoms with E-state index in [2.05, 4.69) is 45.9 Å². The molecule has 1 aromatic carbocycles. The van der Waals surface area contributed by atoms with Crippen LogP contribution >= 0.6 is 12.4 Å². The number of nitrogens with two attached hydrogens (primary N) is 1. The van der Waals surface area contributed by atoms with Gasteiger partial charge in [-0.25, -0.2) is 0 Å². The Labute approximate surface area is 227 Å². The van der Waals surface area contributed by atoms with Gasteiger partial charge in [0.15, 0.2) is 0 Å². The lowest BCUT2D eigenvalue weighted by molar-refractivity contribution is 0.534. The number of aryl methyl sites for hydroxylation is 1. The normalized spacial score (nSPS) is 11.6. The quantitative estimate of drug-likeness (QED) is 0.146. The lowest BCUT2D eigenvalue weighted by atomic mass is 9.84. The Morgan fingerprint density at radius 2 is 0.914 bits per heavy atom. The van der Waals surface area contributed by atoms with Crippen LogP contribution in [0.1, 0.15) is 173 Å². The van der Waals surface area contributed by atoms with Gasteiger partial charge in [0.1, 0.15) is 0 Å². The van der Waals surface area contributed by atoms with Gasteiger partial charge in [0.2, 0.25) is 0 Å². The van der Waals surface area contributed by atoms with Gasteiger partial charge in [-0.1, -0.05) is 148 Å². The van der Waals surface area contributed by atoms with Crippen molar-refractivity contribution in [2.75, 3.05) is 0 Å². The summed E-state index contributed by atoms with van der Waals surface area (Å²) in [5.41, 5.74) is 10.9. The van der Waals surface area contributed by atoms with Crippen LogP contribution in [0.15, 0.2) is 18.2 Å². The van der Waals surface area contributed by atoms with Crippen molar-refractivity contribution >= 4 is 12.4 Å². The van der Waals surface area contributed by atoms with Crippen molar-refractivity contribution in [2.24, 2.45) is 5.73 Å². The third-order valence-corrected chi connectivity index (χ3v) is 7.55. The highest BCUT2D eigenvalue weighted by atomic mass is 35.5. The van der Waals surface area contributed by atoms with Gasteiger partial charge in [-0.2, -0.15) is 0 Å². The zero-order valence-electron chi connectivity index (χ0n) is 24.3. The van der Waals surface area contributed by atoms with E-state index in [1.54, 1.807) is 11.1 Å². The van der Waals surface area contributed by atoms with E-state index in [0.717, 1.165) is 0 Å². The molecule has 35 heavy (non-hydrogen) atoms. The molecule has 0 amide bonds. The van der Waals surface area contributed by atoms with Crippen molar-refractivity contribution in [3.05, 3.63) is 34.9 Å². The molecule has 0 heterocycles. The van der Waals surface area contributed by atoms with E-state index in [4.69, 9.17) is 5.73 Å². The highest BCUT2D eigenvalue weighted by Gasteiger charge is 2.20. The molecule has 0 saturated carbocycles. The molecule has 0 bridgehead atoms. The Morgan fingerprint density at radius 1 is 0.543 bits per heavy atom. The lowest BCUT2D eigenvalue weighted by Gasteiger charge is -2.25. The van der Waals surface area contributed by atoms with Crippen LogP contribution in [0.3, 0.4) is 0 Å². The summed E-state index contributed by atoms with van der Waals surface area (Å²) in [4.78, 5) is 0. The van der Waals surface area contributed by atoms with Gasteiger partial charge in [-0.3, -0.25) is 0 Å². The second-order valence-electron chi connectivity index (χ2n) is 11.5. The molecule has 206 valence electrons. The standard InChI is InChI=1S/C33H61N.ClH/c1-5-7-9-11-13-15-17-19-21-23-26-30-27-25-29-32(33(3,4)34)31(30)28-24-22-20-18-16-14-12-10-8-6-2;/h25,27,29H,5-24,26,28,34H2,1-4H3;1H. The second kappa shape index (κ2) is 22.7. The van der Waals surface area contributed by atoms with Gasteiger partial charge in [0, 0.05) is 5.54 Å². The van der Waals surface area contributed by atoms with Gasteiger partial charge in [-0.15, -0.1) is 12.4 Å². The van der Waals surface area contributed by atoms with E-state index in [1.165, 1.54) is 147 Å². The van der Waals surface area contributed by atoms with Crippen LogP contribution in [-0.2, 0) is 18.4 Å². The van der Waals surface area contributed by atoms with Crippen molar-refractivity contribution in [2.45, 2.75) is 174 Å². The zero-order chi connectivity index (χ0) is 24.9. The summed E-state index contributed by atoms with van der Waals surface area (Å²) in [6, 6.07) is 6.92. The molecule has 0 saturated heterocycles. The molecule has 0 fully saturated rings. The first-order chi connectivity index (χ1) is 16.5. The summed E-state index contributed by atoms with van der Waals surface area (Å²) in [6.45, 7) is 8.95. The molecule has 0 aliphatic rings. The van der Waals surface area contributed by atoms with Crippen LogP contribution in [0.2, 0.25) is 0 Å². The number of rotatable bonds is 23. The molecule has 0 radical (unpaired) electrons. The van der Waals surface area contributed by atoms with Crippen molar-refractivity contribution in [3.8, 4) is 0 Å². The van der Waals surface area contributed by atoms with Gasteiger partial charge in [-0.05, 0) is 56.2 Å². The summed E-state index contributed by atoms with van der Waals surface area (Å²) >= 11 is 0. The van der Waals surface area contributed by atoms with E-state index in [1.807, 2.05) is 0 Å². The molecule has 0 aliphatic carbocycles. The molecule has 0 aromatic heterocycles. The Kier molecular flexibility index (Phi) is 22.3. The van der Waals surface area contributed by atoms with Crippen LogP contribution in [0, 0.1) is 0 Å². The maximum atomic E-state index is 6.60.